The van der Waals surface area contributed by atoms with Gasteiger partial charge in [0.05, 0.1) is 0 Å². The molecule has 2 N–H and O–H groups in total. The molecule has 1 fully saturated rings. The number of H-pyrrole nitrogens is 1. The van der Waals surface area contributed by atoms with E-state index in [4.69, 9.17) is 0 Å². The molecule has 1 heterocycles. The lowest BCUT2D eigenvalue weighted by atomic mass is 9.71. The van der Waals surface area contributed by atoms with E-state index in [0.717, 1.165) is 6.04 Å². The van der Waals surface area contributed by atoms with Crippen LogP contribution in [0.15, 0.2) is 12.4 Å². The van der Waals surface area contributed by atoms with Gasteiger partial charge >= 0.3 is 0 Å². The highest BCUT2D eigenvalue weighted by molar-refractivity contribution is 5.32. The van der Waals surface area contributed by atoms with Crippen LogP contribution < -0.4 is 5.32 Å². The van der Waals surface area contributed by atoms with Gasteiger partial charge in [0.25, 0.3) is 0 Å². The first kappa shape index (κ1) is 9.46. The summed E-state index contributed by atoms with van der Waals surface area (Å²) < 4.78 is 0. The summed E-state index contributed by atoms with van der Waals surface area (Å²) in [6.07, 6.45) is 9.62. The number of aromatic nitrogens is 1. The van der Waals surface area contributed by atoms with Crippen molar-refractivity contribution in [2.24, 2.45) is 5.41 Å². The minimum Gasteiger partial charge on any atom is -0.367 e. The Hall–Kier alpha value is -0.760. The molecule has 1 aromatic rings. The summed E-state index contributed by atoms with van der Waals surface area (Å²) in [7, 11) is 0. The number of hydrogen-bond donors (Lipinski definition) is 2. The molecule has 15 heavy (non-hydrogen) atoms. The fourth-order valence-electron chi connectivity index (χ4n) is 2.72. The number of fused-ring (bicyclic) bond motifs is 1. The number of hydrogen-bond acceptors (Lipinski definition) is 1. The lowest BCUT2D eigenvalue weighted by molar-refractivity contribution is 0.208. The summed E-state index contributed by atoms with van der Waals surface area (Å²) in [5, 5.41) is 3.81. The summed E-state index contributed by atoms with van der Waals surface area (Å²) in [5.74, 6) is 0. The van der Waals surface area contributed by atoms with Gasteiger partial charge in [0.2, 0.25) is 0 Å². The molecule has 1 aromatic heterocycles. The van der Waals surface area contributed by atoms with Crippen LogP contribution >= 0.6 is 0 Å². The van der Waals surface area contributed by atoms with Gasteiger partial charge in [-0.15, -0.1) is 0 Å². The lowest BCUT2D eigenvalue weighted by Gasteiger charge is -2.39. The molecule has 82 valence electrons. The van der Waals surface area contributed by atoms with Gasteiger partial charge in [-0.3, -0.25) is 0 Å². The predicted molar refractivity (Wildman–Crippen MR) is 61.8 cm³/mol. The highest BCUT2D eigenvalue weighted by Crippen LogP contribution is 2.44. The van der Waals surface area contributed by atoms with E-state index in [0.29, 0.717) is 11.5 Å². The number of aryl methyl sites for hydroxylation is 1. The largest absolute Gasteiger partial charge is 0.367 e. The molecule has 1 saturated carbocycles. The van der Waals surface area contributed by atoms with Crippen LogP contribution in [0, 0.1) is 5.41 Å². The van der Waals surface area contributed by atoms with Crippen molar-refractivity contribution in [2.45, 2.75) is 51.6 Å². The molecule has 0 aliphatic heterocycles. The van der Waals surface area contributed by atoms with Crippen LogP contribution in [0.1, 0.15) is 50.3 Å². The van der Waals surface area contributed by atoms with Crippen molar-refractivity contribution in [3.63, 3.8) is 0 Å². The number of aromatic amines is 1. The molecule has 1 atom stereocenters. The van der Waals surface area contributed by atoms with E-state index in [2.05, 4.69) is 36.5 Å². The van der Waals surface area contributed by atoms with Gasteiger partial charge in [-0.1, -0.05) is 13.8 Å². The van der Waals surface area contributed by atoms with Gasteiger partial charge in [0.1, 0.15) is 0 Å². The molecular formula is C13H20N2. The molecule has 0 saturated heterocycles. The van der Waals surface area contributed by atoms with Crippen LogP contribution in [-0.2, 0) is 6.42 Å². The zero-order chi connectivity index (χ0) is 10.5. The van der Waals surface area contributed by atoms with Crippen molar-refractivity contribution in [2.75, 3.05) is 0 Å². The van der Waals surface area contributed by atoms with Crippen LogP contribution in [0.25, 0.3) is 0 Å². The fourth-order valence-corrected chi connectivity index (χ4v) is 2.72. The normalized spacial score (nSPS) is 28.8. The van der Waals surface area contributed by atoms with Crippen LogP contribution in [0.5, 0.6) is 0 Å². The van der Waals surface area contributed by atoms with Crippen molar-refractivity contribution in [3.8, 4) is 0 Å². The molecule has 0 amide bonds. The molecule has 1 unspecified atom stereocenters. The maximum Gasteiger partial charge on any atom is 0.0391 e. The predicted octanol–water partition coefficient (Wildman–Crippen LogP) is 2.78. The Bertz CT molecular complexity index is 360. The third-order valence-electron chi connectivity index (χ3n) is 3.98. The molecule has 2 nitrogen and oxygen atoms in total. The van der Waals surface area contributed by atoms with Crippen LogP contribution in [0.4, 0.5) is 0 Å². The van der Waals surface area contributed by atoms with Crippen molar-refractivity contribution >= 4 is 0 Å². The van der Waals surface area contributed by atoms with Crippen LogP contribution in [0.2, 0.25) is 0 Å². The van der Waals surface area contributed by atoms with E-state index in [1.807, 2.05) is 0 Å². The second kappa shape index (κ2) is 3.11. The smallest absolute Gasteiger partial charge is 0.0391 e. The van der Waals surface area contributed by atoms with E-state index in [1.54, 1.807) is 0 Å². The maximum atomic E-state index is 3.81. The molecular weight excluding hydrogens is 184 g/mol. The minimum absolute atomic E-state index is 0.401. The second-order valence-corrected chi connectivity index (χ2v) is 5.80. The highest BCUT2D eigenvalue weighted by atomic mass is 15.0. The van der Waals surface area contributed by atoms with Gasteiger partial charge in [-0.25, -0.2) is 0 Å². The topological polar surface area (TPSA) is 27.8 Å². The summed E-state index contributed by atoms with van der Waals surface area (Å²) in [4.78, 5) is 3.26. The quantitative estimate of drug-likeness (QED) is 0.761. The summed E-state index contributed by atoms with van der Waals surface area (Å²) >= 11 is 0. The van der Waals surface area contributed by atoms with Crippen molar-refractivity contribution in [1.82, 2.24) is 10.3 Å². The zero-order valence-electron chi connectivity index (χ0n) is 9.64. The van der Waals surface area contributed by atoms with Gasteiger partial charge in [-0.05, 0) is 42.2 Å². The van der Waals surface area contributed by atoms with E-state index < -0.39 is 0 Å². The monoisotopic (exact) mass is 204 g/mol. The summed E-state index contributed by atoms with van der Waals surface area (Å²) in [5.41, 5.74) is 3.43. The first-order chi connectivity index (χ1) is 7.17. The third-order valence-corrected chi connectivity index (χ3v) is 3.98. The molecule has 0 aromatic carbocycles. The summed E-state index contributed by atoms with van der Waals surface area (Å²) in [6, 6.07) is 1.34. The molecule has 2 aliphatic rings. The van der Waals surface area contributed by atoms with E-state index >= 15 is 0 Å². The Morgan fingerprint density at radius 3 is 2.87 bits per heavy atom. The Morgan fingerprint density at radius 1 is 1.33 bits per heavy atom. The zero-order valence-corrected chi connectivity index (χ0v) is 9.64. The highest BCUT2D eigenvalue weighted by Gasteiger charge is 2.39. The Balaban J connectivity index is 1.92. The van der Waals surface area contributed by atoms with E-state index in [-0.39, 0.29) is 0 Å². The molecule has 3 rings (SSSR count). The first-order valence-corrected chi connectivity index (χ1v) is 6.08. The third kappa shape index (κ3) is 1.61. The van der Waals surface area contributed by atoms with E-state index in [9.17, 15) is 0 Å². The molecule has 2 aliphatic carbocycles. The van der Waals surface area contributed by atoms with Gasteiger partial charge in [0, 0.05) is 24.5 Å². The second-order valence-electron chi connectivity index (χ2n) is 5.80. The molecule has 0 radical (unpaired) electrons. The molecule has 2 heteroatoms. The van der Waals surface area contributed by atoms with Crippen molar-refractivity contribution in [3.05, 3.63) is 23.5 Å². The van der Waals surface area contributed by atoms with E-state index in [1.165, 1.54) is 36.8 Å². The maximum absolute atomic E-state index is 3.81. The van der Waals surface area contributed by atoms with Gasteiger partial charge < -0.3 is 10.3 Å². The average Bonchev–Trinajstić information content (AvgIpc) is 2.87. The Morgan fingerprint density at radius 2 is 2.13 bits per heavy atom. The fraction of sp³-hybridized carbons (Fsp3) is 0.692. The SMILES string of the molecule is CC1(C)CCc2c[nH]cc2C1NC1CC1. The van der Waals surface area contributed by atoms with Gasteiger partial charge in [0.15, 0.2) is 0 Å². The molecule has 0 spiro atoms. The Kier molecular flexibility index (Phi) is 1.96. The van der Waals surface area contributed by atoms with Crippen molar-refractivity contribution in [1.29, 1.82) is 0 Å². The van der Waals surface area contributed by atoms with Gasteiger partial charge in [-0.2, -0.15) is 0 Å². The lowest BCUT2D eigenvalue weighted by Crippen LogP contribution is -2.38. The average molecular weight is 204 g/mol. The van der Waals surface area contributed by atoms with Crippen molar-refractivity contribution < 1.29 is 0 Å². The number of rotatable bonds is 2. The summed E-state index contributed by atoms with van der Waals surface area (Å²) in [6.45, 7) is 4.78. The standard InChI is InChI=1S/C13H20N2/c1-13(2)6-5-9-7-14-8-11(9)12(13)15-10-3-4-10/h7-8,10,12,14-15H,3-6H2,1-2H3. The molecule has 0 bridgehead atoms. The first-order valence-electron chi connectivity index (χ1n) is 6.08. The Labute approximate surface area is 91.5 Å². The van der Waals surface area contributed by atoms with Crippen LogP contribution in [-0.4, -0.2) is 11.0 Å². The minimum atomic E-state index is 0.401. The number of nitrogens with one attached hydrogen (secondary N) is 2. The van der Waals surface area contributed by atoms with Crippen LogP contribution in [0.3, 0.4) is 0 Å².